The summed E-state index contributed by atoms with van der Waals surface area (Å²) in [5.74, 6) is 2.34. The summed E-state index contributed by atoms with van der Waals surface area (Å²) < 4.78 is 5.63. The number of nitrogens with one attached hydrogen (secondary N) is 1. The van der Waals surface area contributed by atoms with Gasteiger partial charge in [-0.2, -0.15) is 0 Å². The van der Waals surface area contributed by atoms with Gasteiger partial charge in [-0.1, -0.05) is 32.0 Å². The van der Waals surface area contributed by atoms with E-state index in [9.17, 15) is 0 Å². The van der Waals surface area contributed by atoms with Crippen LogP contribution in [-0.2, 0) is 6.54 Å². The third-order valence-corrected chi connectivity index (χ3v) is 5.29. The van der Waals surface area contributed by atoms with Gasteiger partial charge in [-0.3, -0.25) is 0 Å². The van der Waals surface area contributed by atoms with Gasteiger partial charge in [-0.05, 0) is 44.5 Å². The van der Waals surface area contributed by atoms with Gasteiger partial charge >= 0.3 is 0 Å². The largest absolute Gasteiger partial charge is 0.444 e. The Morgan fingerprint density at radius 1 is 1.25 bits per heavy atom. The molecule has 2 aromatic rings. The van der Waals surface area contributed by atoms with E-state index < -0.39 is 0 Å². The molecule has 6 heteroatoms. The normalized spacial score (nSPS) is 17.5. The first-order chi connectivity index (χ1) is 13.7. The fourth-order valence-electron chi connectivity index (χ4n) is 3.70. The maximum atomic E-state index is 5.63. The molecule has 1 unspecified atom stereocenters. The van der Waals surface area contributed by atoms with Crippen molar-refractivity contribution >= 4 is 5.96 Å². The molecule has 1 aliphatic heterocycles. The number of aliphatic imine (C=N–C) groups is 1. The Bertz CT molecular complexity index is 738. The SMILES string of the molecule is CCNC(=NCc1coc(-c2ccccc2)n1)N1CCC(CN(CC)CC)C1. The number of likely N-dealkylation sites (tertiary alicyclic amines) is 1. The first-order valence-electron chi connectivity index (χ1n) is 10.5. The van der Waals surface area contributed by atoms with E-state index in [2.05, 4.69) is 40.9 Å². The van der Waals surface area contributed by atoms with Crippen LogP contribution in [-0.4, -0.2) is 60.0 Å². The average Bonchev–Trinajstić information content (AvgIpc) is 3.40. The van der Waals surface area contributed by atoms with E-state index in [1.54, 1.807) is 6.26 Å². The molecular weight excluding hydrogens is 350 g/mol. The summed E-state index contributed by atoms with van der Waals surface area (Å²) in [6, 6.07) is 9.97. The zero-order valence-corrected chi connectivity index (χ0v) is 17.4. The van der Waals surface area contributed by atoms with Crippen molar-refractivity contribution < 1.29 is 4.42 Å². The number of hydrogen-bond acceptors (Lipinski definition) is 4. The Kier molecular flexibility index (Phi) is 7.48. The molecule has 1 aromatic carbocycles. The van der Waals surface area contributed by atoms with Gasteiger partial charge in [0.15, 0.2) is 5.96 Å². The molecule has 1 N–H and O–H groups in total. The zero-order chi connectivity index (χ0) is 19.8. The summed E-state index contributed by atoms with van der Waals surface area (Å²) in [6.45, 7) is 13.5. The van der Waals surface area contributed by atoms with Gasteiger partial charge < -0.3 is 19.5 Å². The highest BCUT2D eigenvalue weighted by Crippen LogP contribution is 2.20. The number of benzene rings is 1. The summed E-state index contributed by atoms with van der Waals surface area (Å²) in [4.78, 5) is 14.3. The van der Waals surface area contributed by atoms with Crippen molar-refractivity contribution in [2.45, 2.75) is 33.7 Å². The van der Waals surface area contributed by atoms with Crippen LogP contribution in [0.4, 0.5) is 0 Å². The van der Waals surface area contributed by atoms with Crippen molar-refractivity contribution in [2.24, 2.45) is 10.9 Å². The molecule has 1 atom stereocenters. The highest BCUT2D eigenvalue weighted by Gasteiger charge is 2.26. The monoisotopic (exact) mass is 383 g/mol. The molecular formula is C22H33N5O. The first kappa shape index (κ1) is 20.4. The molecule has 0 saturated carbocycles. The molecule has 1 aromatic heterocycles. The van der Waals surface area contributed by atoms with Crippen LogP contribution in [0.2, 0.25) is 0 Å². The molecule has 1 aliphatic rings. The third-order valence-electron chi connectivity index (χ3n) is 5.29. The minimum atomic E-state index is 0.524. The van der Waals surface area contributed by atoms with Gasteiger partial charge in [0.25, 0.3) is 0 Å². The molecule has 0 aliphatic carbocycles. The highest BCUT2D eigenvalue weighted by molar-refractivity contribution is 5.80. The number of rotatable bonds is 8. The molecule has 0 amide bonds. The van der Waals surface area contributed by atoms with Crippen LogP contribution in [0.3, 0.4) is 0 Å². The van der Waals surface area contributed by atoms with Gasteiger partial charge in [0.2, 0.25) is 5.89 Å². The second-order valence-electron chi connectivity index (χ2n) is 7.27. The predicted octanol–water partition coefficient (Wildman–Crippen LogP) is 3.47. The van der Waals surface area contributed by atoms with E-state index in [0.29, 0.717) is 18.4 Å². The maximum Gasteiger partial charge on any atom is 0.226 e. The Balaban J connectivity index is 1.61. The van der Waals surface area contributed by atoms with Crippen LogP contribution >= 0.6 is 0 Å². The molecule has 0 spiro atoms. The topological polar surface area (TPSA) is 56.9 Å². The maximum absolute atomic E-state index is 5.63. The van der Waals surface area contributed by atoms with Gasteiger partial charge in [-0.15, -0.1) is 0 Å². The lowest BCUT2D eigenvalue weighted by atomic mass is 10.1. The molecule has 1 saturated heterocycles. The van der Waals surface area contributed by atoms with E-state index in [1.165, 1.54) is 13.0 Å². The van der Waals surface area contributed by atoms with Crippen molar-refractivity contribution in [3.8, 4) is 11.5 Å². The Hall–Kier alpha value is -2.34. The van der Waals surface area contributed by atoms with Crippen molar-refractivity contribution in [3.05, 3.63) is 42.3 Å². The van der Waals surface area contributed by atoms with Gasteiger partial charge in [0, 0.05) is 31.7 Å². The molecule has 6 nitrogen and oxygen atoms in total. The third kappa shape index (κ3) is 5.35. The Morgan fingerprint density at radius 2 is 2.04 bits per heavy atom. The number of oxazole rings is 1. The summed E-state index contributed by atoms with van der Waals surface area (Å²) in [5.41, 5.74) is 1.84. The fraction of sp³-hybridized carbons (Fsp3) is 0.545. The van der Waals surface area contributed by atoms with Crippen molar-refractivity contribution in [2.75, 3.05) is 39.3 Å². The van der Waals surface area contributed by atoms with E-state index in [-0.39, 0.29) is 0 Å². The summed E-state index contributed by atoms with van der Waals surface area (Å²) in [6.07, 6.45) is 2.94. The summed E-state index contributed by atoms with van der Waals surface area (Å²) >= 11 is 0. The van der Waals surface area contributed by atoms with Crippen molar-refractivity contribution in [3.63, 3.8) is 0 Å². The quantitative estimate of drug-likeness (QED) is 0.559. The first-order valence-corrected chi connectivity index (χ1v) is 10.5. The van der Waals surface area contributed by atoms with Crippen LogP contribution < -0.4 is 5.32 Å². The van der Waals surface area contributed by atoms with Crippen LogP contribution in [0.15, 0.2) is 46.0 Å². The molecule has 28 heavy (non-hydrogen) atoms. The second-order valence-corrected chi connectivity index (χ2v) is 7.27. The van der Waals surface area contributed by atoms with Crippen LogP contribution in [0.25, 0.3) is 11.5 Å². The van der Waals surface area contributed by atoms with Crippen LogP contribution in [0, 0.1) is 5.92 Å². The van der Waals surface area contributed by atoms with Gasteiger partial charge in [-0.25, -0.2) is 9.98 Å². The van der Waals surface area contributed by atoms with Crippen LogP contribution in [0.5, 0.6) is 0 Å². The Morgan fingerprint density at radius 3 is 2.75 bits per heavy atom. The lowest BCUT2D eigenvalue weighted by Crippen LogP contribution is -2.40. The number of hydrogen-bond donors (Lipinski definition) is 1. The van der Waals surface area contributed by atoms with E-state index >= 15 is 0 Å². The average molecular weight is 384 g/mol. The molecule has 3 rings (SSSR count). The second kappa shape index (κ2) is 10.3. The standard InChI is InChI=1S/C22H33N5O/c1-4-23-22(27-13-12-18(16-27)15-26(5-2)6-3)24-14-20-17-28-21(25-20)19-10-8-7-9-11-19/h7-11,17-18H,4-6,12-16H2,1-3H3,(H,23,24). The lowest BCUT2D eigenvalue weighted by molar-refractivity contribution is 0.255. The zero-order valence-electron chi connectivity index (χ0n) is 17.4. The minimum absolute atomic E-state index is 0.524. The molecule has 152 valence electrons. The number of aromatic nitrogens is 1. The van der Waals surface area contributed by atoms with Crippen LogP contribution in [0.1, 0.15) is 32.9 Å². The molecule has 0 radical (unpaired) electrons. The van der Waals surface area contributed by atoms with Crippen molar-refractivity contribution in [1.29, 1.82) is 0 Å². The summed E-state index contributed by atoms with van der Waals surface area (Å²) in [5, 5.41) is 3.44. The smallest absolute Gasteiger partial charge is 0.226 e. The fourth-order valence-corrected chi connectivity index (χ4v) is 3.70. The summed E-state index contributed by atoms with van der Waals surface area (Å²) in [7, 11) is 0. The minimum Gasteiger partial charge on any atom is -0.444 e. The van der Waals surface area contributed by atoms with Crippen molar-refractivity contribution in [1.82, 2.24) is 20.1 Å². The Labute approximate surface area is 168 Å². The molecule has 0 bridgehead atoms. The van der Waals surface area contributed by atoms with Gasteiger partial charge in [0.1, 0.15) is 12.0 Å². The van der Waals surface area contributed by atoms with E-state index in [4.69, 9.17) is 9.41 Å². The number of nitrogens with zero attached hydrogens (tertiary/aromatic N) is 4. The molecule has 1 fully saturated rings. The molecule has 2 heterocycles. The van der Waals surface area contributed by atoms with E-state index in [0.717, 1.165) is 49.9 Å². The lowest BCUT2D eigenvalue weighted by Gasteiger charge is -2.24. The number of guanidine groups is 1. The highest BCUT2D eigenvalue weighted by atomic mass is 16.3. The van der Waals surface area contributed by atoms with Gasteiger partial charge in [0.05, 0.1) is 6.54 Å². The van der Waals surface area contributed by atoms with E-state index in [1.807, 2.05) is 30.3 Å². The predicted molar refractivity (Wildman–Crippen MR) is 114 cm³/mol.